The highest BCUT2D eigenvalue weighted by atomic mass is 35.5. The van der Waals surface area contributed by atoms with E-state index in [4.69, 9.17) is 11.6 Å². The largest absolute Gasteiger partial charge is 0.478 e. The van der Waals surface area contributed by atoms with Gasteiger partial charge in [0.1, 0.15) is 5.56 Å². The standard InChI is InChI=1S/C14H12ClN3O3/c1-17-12(10(6-16-17)14(20)21)7-18-11-5-9(15)3-2-8(11)4-13(18)19/h2-3,5-6H,4,7H2,1H3,(H,20,21). The summed E-state index contributed by atoms with van der Waals surface area (Å²) in [6.07, 6.45) is 1.59. The minimum atomic E-state index is -1.06. The van der Waals surface area contributed by atoms with Crippen molar-refractivity contribution in [1.82, 2.24) is 9.78 Å². The van der Waals surface area contributed by atoms with E-state index in [1.165, 1.54) is 10.9 Å². The molecule has 108 valence electrons. The molecule has 0 aliphatic carbocycles. The lowest BCUT2D eigenvalue weighted by Gasteiger charge is -2.18. The number of amides is 1. The highest BCUT2D eigenvalue weighted by Crippen LogP contribution is 2.33. The number of aromatic carboxylic acids is 1. The fourth-order valence-corrected chi connectivity index (χ4v) is 2.65. The number of fused-ring (bicyclic) bond motifs is 1. The van der Waals surface area contributed by atoms with Crippen LogP contribution < -0.4 is 4.90 Å². The van der Waals surface area contributed by atoms with Crippen LogP contribution in [-0.2, 0) is 24.8 Å². The van der Waals surface area contributed by atoms with Crippen molar-refractivity contribution >= 4 is 29.2 Å². The van der Waals surface area contributed by atoms with Gasteiger partial charge in [0.15, 0.2) is 0 Å². The van der Waals surface area contributed by atoms with Crippen molar-refractivity contribution < 1.29 is 14.7 Å². The molecule has 6 nitrogen and oxygen atoms in total. The maximum Gasteiger partial charge on any atom is 0.339 e. The predicted molar refractivity (Wildman–Crippen MR) is 76.5 cm³/mol. The van der Waals surface area contributed by atoms with E-state index in [1.54, 1.807) is 24.1 Å². The summed E-state index contributed by atoms with van der Waals surface area (Å²) in [5, 5.41) is 13.7. The molecule has 1 aromatic carbocycles. The molecule has 2 heterocycles. The molecular formula is C14H12ClN3O3. The van der Waals surface area contributed by atoms with Crippen molar-refractivity contribution in [3.8, 4) is 0 Å². The van der Waals surface area contributed by atoms with Gasteiger partial charge in [0.25, 0.3) is 0 Å². The van der Waals surface area contributed by atoms with Crippen molar-refractivity contribution in [2.24, 2.45) is 7.05 Å². The quantitative estimate of drug-likeness (QED) is 0.939. The van der Waals surface area contributed by atoms with E-state index in [2.05, 4.69) is 5.10 Å². The molecule has 1 aliphatic heterocycles. The van der Waals surface area contributed by atoms with E-state index in [0.717, 1.165) is 11.3 Å². The summed E-state index contributed by atoms with van der Waals surface area (Å²) in [5.74, 6) is -1.14. The van der Waals surface area contributed by atoms with Gasteiger partial charge in [0, 0.05) is 17.8 Å². The number of nitrogens with zero attached hydrogens (tertiary/aromatic N) is 3. The van der Waals surface area contributed by atoms with Crippen LogP contribution in [0.4, 0.5) is 5.69 Å². The molecule has 21 heavy (non-hydrogen) atoms. The molecule has 1 N–H and O–H groups in total. The zero-order valence-electron chi connectivity index (χ0n) is 11.2. The van der Waals surface area contributed by atoms with Gasteiger partial charge in [0.05, 0.1) is 24.9 Å². The fraction of sp³-hybridized carbons (Fsp3) is 0.214. The second-order valence-electron chi connectivity index (χ2n) is 4.86. The summed E-state index contributed by atoms with van der Waals surface area (Å²) in [7, 11) is 1.65. The Kier molecular flexibility index (Phi) is 3.17. The van der Waals surface area contributed by atoms with E-state index in [0.29, 0.717) is 17.1 Å². The zero-order valence-corrected chi connectivity index (χ0v) is 12.0. The molecule has 0 bridgehead atoms. The van der Waals surface area contributed by atoms with Gasteiger partial charge in [-0.1, -0.05) is 17.7 Å². The molecule has 1 amide bonds. The van der Waals surface area contributed by atoms with Gasteiger partial charge in [-0.2, -0.15) is 5.10 Å². The number of rotatable bonds is 3. The van der Waals surface area contributed by atoms with Crippen molar-refractivity contribution in [3.63, 3.8) is 0 Å². The lowest BCUT2D eigenvalue weighted by atomic mass is 10.2. The van der Waals surface area contributed by atoms with E-state index in [-0.39, 0.29) is 18.0 Å². The summed E-state index contributed by atoms with van der Waals surface area (Å²) in [6.45, 7) is 0.157. The van der Waals surface area contributed by atoms with Crippen LogP contribution in [0, 0.1) is 0 Å². The third-order valence-corrected chi connectivity index (χ3v) is 3.82. The number of carboxylic acids is 1. The second kappa shape index (κ2) is 4.89. The van der Waals surface area contributed by atoms with Crippen molar-refractivity contribution in [2.45, 2.75) is 13.0 Å². The van der Waals surface area contributed by atoms with Gasteiger partial charge in [0.2, 0.25) is 5.91 Å². The summed E-state index contributed by atoms with van der Waals surface area (Å²) in [4.78, 5) is 24.9. The lowest BCUT2D eigenvalue weighted by Crippen LogP contribution is -2.28. The number of anilines is 1. The molecule has 0 unspecified atom stereocenters. The number of carboxylic acid groups (broad SMARTS) is 1. The van der Waals surface area contributed by atoms with Crippen LogP contribution in [0.2, 0.25) is 5.02 Å². The van der Waals surface area contributed by atoms with E-state index in [9.17, 15) is 14.7 Å². The van der Waals surface area contributed by atoms with Gasteiger partial charge in [-0.3, -0.25) is 9.48 Å². The van der Waals surface area contributed by atoms with Crippen LogP contribution in [-0.4, -0.2) is 26.8 Å². The third-order valence-electron chi connectivity index (χ3n) is 3.58. The van der Waals surface area contributed by atoms with Gasteiger partial charge in [-0.15, -0.1) is 0 Å². The molecule has 0 atom stereocenters. The minimum absolute atomic E-state index is 0.0789. The first-order valence-electron chi connectivity index (χ1n) is 6.30. The smallest absolute Gasteiger partial charge is 0.339 e. The first-order chi connectivity index (χ1) is 9.97. The average molecular weight is 306 g/mol. The highest BCUT2D eigenvalue weighted by Gasteiger charge is 2.29. The number of hydrogen-bond donors (Lipinski definition) is 1. The number of aromatic nitrogens is 2. The normalized spacial score (nSPS) is 13.6. The SMILES string of the molecule is Cn1ncc(C(=O)O)c1CN1C(=O)Cc2ccc(Cl)cc21. The second-order valence-corrected chi connectivity index (χ2v) is 5.30. The summed E-state index contributed by atoms with van der Waals surface area (Å²) >= 11 is 5.98. The molecule has 2 aromatic rings. The summed E-state index contributed by atoms with van der Waals surface area (Å²) < 4.78 is 1.47. The molecule has 1 aromatic heterocycles. The topological polar surface area (TPSA) is 75.4 Å². The number of aryl methyl sites for hydroxylation is 1. The Morgan fingerprint density at radius 3 is 2.95 bits per heavy atom. The minimum Gasteiger partial charge on any atom is -0.478 e. The van der Waals surface area contributed by atoms with Crippen LogP contribution in [0.3, 0.4) is 0 Å². The average Bonchev–Trinajstić information content (AvgIpc) is 2.93. The van der Waals surface area contributed by atoms with E-state index >= 15 is 0 Å². The molecular weight excluding hydrogens is 294 g/mol. The van der Waals surface area contributed by atoms with Crippen molar-refractivity contribution in [1.29, 1.82) is 0 Å². The molecule has 1 aliphatic rings. The van der Waals surface area contributed by atoms with Crippen LogP contribution in [0.1, 0.15) is 21.6 Å². The number of hydrogen-bond acceptors (Lipinski definition) is 3. The summed E-state index contributed by atoms with van der Waals surface area (Å²) in [5.41, 5.74) is 2.19. The molecule has 0 radical (unpaired) electrons. The van der Waals surface area contributed by atoms with E-state index in [1.807, 2.05) is 6.07 Å². The molecule has 0 fully saturated rings. The maximum absolute atomic E-state index is 12.2. The van der Waals surface area contributed by atoms with Gasteiger partial charge in [-0.05, 0) is 17.7 Å². The third kappa shape index (κ3) is 2.27. The monoisotopic (exact) mass is 305 g/mol. The molecule has 0 spiro atoms. The van der Waals surface area contributed by atoms with Crippen molar-refractivity contribution in [2.75, 3.05) is 4.90 Å². The number of carbonyl (C=O) groups excluding carboxylic acids is 1. The van der Waals surface area contributed by atoms with Crippen LogP contribution in [0.5, 0.6) is 0 Å². The Morgan fingerprint density at radius 1 is 1.48 bits per heavy atom. The Balaban J connectivity index is 2.00. The number of benzene rings is 1. The van der Waals surface area contributed by atoms with Crippen LogP contribution in [0.15, 0.2) is 24.4 Å². The maximum atomic E-state index is 12.2. The molecule has 0 saturated heterocycles. The molecule has 7 heteroatoms. The predicted octanol–water partition coefficient (Wildman–Crippen LogP) is 1.86. The number of halogens is 1. The zero-order chi connectivity index (χ0) is 15.1. The fourth-order valence-electron chi connectivity index (χ4n) is 2.48. The Labute approximate surface area is 125 Å². The van der Waals surface area contributed by atoms with Crippen LogP contribution in [0.25, 0.3) is 0 Å². The number of carbonyl (C=O) groups is 2. The van der Waals surface area contributed by atoms with Crippen molar-refractivity contribution in [3.05, 3.63) is 46.2 Å². The van der Waals surface area contributed by atoms with E-state index < -0.39 is 5.97 Å². The summed E-state index contributed by atoms with van der Waals surface area (Å²) in [6, 6.07) is 5.28. The Morgan fingerprint density at radius 2 is 2.24 bits per heavy atom. The highest BCUT2D eigenvalue weighted by molar-refractivity contribution is 6.31. The van der Waals surface area contributed by atoms with Gasteiger partial charge < -0.3 is 10.0 Å². The van der Waals surface area contributed by atoms with Gasteiger partial charge in [-0.25, -0.2) is 4.79 Å². The Bertz CT molecular complexity index is 754. The van der Waals surface area contributed by atoms with Gasteiger partial charge >= 0.3 is 5.97 Å². The Hall–Kier alpha value is -2.34. The lowest BCUT2D eigenvalue weighted by molar-refractivity contribution is -0.117. The molecule has 0 saturated carbocycles. The first kappa shape index (κ1) is 13.6. The first-order valence-corrected chi connectivity index (χ1v) is 6.68. The van der Waals surface area contributed by atoms with Crippen LogP contribution >= 0.6 is 11.6 Å². The molecule has 3 rings (SSSR count).